The first-order valence-corrected chi connectivity index (χ1v) is 6.79. The summed E-state index contributed by atoms with van der Waals surface area (Å²) in [6, 6.07) is 5.46. The van der Waals surface area contributed by atoms with Gasteiger partial charge in [0.1, 0.15) is 5.69 Å². The molecule has 1 aromatic carbocycles. The van der Waals surface area contributed by atoms with Gasteiger partial charge in [0.05, 0.1) is 22.9 Å². The quantitative estimate of drug-likeness (QED) is 0.939. The second-order valence-corrected chi connectivity index (χ2v) is 5.78. The molecule has 0 fully saturated rings. The lowest BCUT2D eigenvalue weighted by Gasteiger charge is -2.11. The minimum atomic E-state index is -0.121. The third-order valence-corrected chi connectivity index (χ3v) is 3.54. The Kier molecular flexibility index (Phi) is 4.04. The number of benzene rings is 1. The van der Waals surface area contributed by atoms with Crippen LogP contribution in [0, 0.1) is 5.92 Å². The van der Waals surface area contributed by atoms with Crippen LogP contribution in [-0.4, -0.2) is 15.0 Å². The molecule has 6 heteroatoms. The Morgan fingerprint density at radius 3 is 2.78 bits per heavy atom. The summed E-state index contributed by atoms with van der Waals surface area (Å²) in [6.07, 6.45) is 1.82. The highest BCUT2D eigenvalue weighted by Crippen LogP contribution is 2.25. The van der Waals surface area contributed by atoms with Gasteiger partial charge in [-0.3, -0.25) is 0 Å². The van der Waals surface area contributed by atoms with E-state index >= 15 is 0 Å². The van der Waals surface area contributed by atoms with Crippen LogP contribution in [0.5, 0.6) is 0 Å². The molecule has 1 unspecified atom stereocenters. The molecule has 0 saturated heterocycles. The third kappa shape index (κ3) is 2.74. The molecule has 1 aromatic heterocycles. The number of aromatic nitrogens is 3. The lowest BCUT2D eigenvalue weighted by Crippen LogP contribution is -2.17. The van der Waals surface area contributed by atoms with E-state index in [2.05, 4.69) is 40.1 Å². The van der Waals surface area contributed by atoms with Crippen LogP contribution >= 0.6 is 27.5 Å². The van der Waals surface area contributed by atoms with Gasteiger partial charge in [-0.1, -0.05) is 46.6 Å². The highest BCUT2D eigenvalue weighted by molar-refractivity contribution is 9.10. The summed E-state index contributed by atoms with van der Waals surface area (Å²) in [5, 5.41) is 8.79. The number of nitrogens with zero attached hydrogens (tertiary/aromatic N) is 3. The van der Waals surface area contributed by atoms with Crippen molar-refractivity contribution in [3.05, 3.63) is 39.6 Å². The molecule has 0 radical (unpaired) electrons. The van der Waals surface area contributed by atoms with E-state index in [4.69, 9.17) is 17.3 Å². The smallest absolute Gasteiger partial charge is 0.100 e. The summed E-state index contributed by atoms with van der Waals surface area (Å²) in [5.41, 5.74) is 7.58. The zero-order chi connectivity index (χ0) is 13.3. The van der Waals surface area contributed by atoms with Crippen molar-refractivity contribution >= 4 is 27.5 Å². The normalized spacial score (nSPS) is 13.0. The number of nitrogens with two attached hydrogens (primary N) is 1. The van der Waals surface area contributed by atoms with E-state index in [1.165, 1.54) is 0 Å². The summed E-state index contributed by atoms with van der Waals surface area (Å²) in [6.45, 7) is 4.10. The van der Waals surface area contributed by atoms with Crippen molar-refractivity contribution in [3.63, 3.8) is 0 Å². The van der Waals surface area contributed by atoms with Crippen molar-refractivity contribution in [2.45, 2.75) is 19.9 Å². The standard InChI is InChI=1S/C12H14BrClN4/c1-7(2)12(15)10-6-18(17-16-10)11-5-8(13)3-4-9(11)14/h3-7,12H,15H2,1-2H3. The van der Waals surface area contributed by atoms with Crippen molar-refractivity contribution in [1.29, 1.82) is 0 Å². The van der Waals surface area contributed by atoms with Gasteiger partial charge in [0, 0.05) is 4.47 Å². The Balaban J connectivity index is 2.38. The summed E-state index contributed by atoms with van der Waals surface area (Å²) >= 11 is 9.55. The monoisotopic (exact) mass is 328 g/mol. The second kappa shape index (κ2) is 5.38. The maximum Gasteiger partial charge on any atom is 0.100 e. The maximum atomic E-state index is 6.14. The molecule has 0 aliphatic heterocycles. The number of hydrogen-bond acceptors (Lipinski definition) is 3. The minimum Gasteiger partial charge on any atom is -0.322 e. The largest absolute Gasteiger partial charge is 0.322 e. The number of hydrogen-bond donors (Lipinski definition) is 1. The van der Waals surface area contributed by atoms with E-state index in [1.807, 2.05) is 24.4 Å². The molecule has 1 heterocycles. The van der Waals surface area contributed by atoms with E-state index in [9.17, 15) is 0 Å². The lowest BCUT2D eigenvalue weighted by molar-refractivity contribution is 0.502. The van der Waals surface area contributed by atoms with Crippen LogP contribution in [0.4, 0.5) is 0 Å². The molecular weight excluding hydrogens is 316 g/mol. The number of rotatable bonds is 3. The van der Waals surface area contributed by atoms with Crippen LogP contribution in [0.25, 0.3) is 5.69 Å². The molecule has 0 amide bonds. The zero-order valence-corrected chi connectivity index (χ0v) is 12.5. The van der Waals surface area contributed by atoms with Crippen molar-refractivity contribution in [3.8, 4) is 5.69 Å². The fraction of sp³-hybridized carbons (Fsp3) is 0.333. The summed E-state index contributed by atoms with van der Waals surface area (Å²) in [7, 11) is 0. The van der Waals surface area contributed by atoms with Gasteiger partial charge in [-0.25, -0.2) is 4.68 Å². The van der Waals surface area contributed by atoms with E-state index in [-0.39, 0.29) is 6.04 Å². The number of halogens is 2. The van der Waals surface area contributed by atoms with Crippen LogP contribution < -0.4 is 5.73 Å². The molecule has 2 rings (SSSR count). The first-order valence-electron chi connectivity index (χ1n) is 5.62. The van der Waals surface area contributed by atoms with Crippen LogP contribution in [0.2, 0.25) is 5.02 Å². The molecule has 2 aromatic rings. The van der Waals surface area contributed by atoms with Crippen molar-refractivity contribution in [1.82, 2.24) is 15.0 Å². The first-order chi connectivity index (χ1) is 8.49. The van der Waals surface area contributed by atoms with E-state index in [0.717, 1.165) is 15.9 Å². The Morgan fingerprint density at radius 1 is 1.39 bits per heavy atom. The predicted octanol–water partition coefficient (Wildman–Crippen LogP) is 3.34. The summed E-state index contributed by atoms with van der Waals surface area (Å²) < 4.78 is 2.58. The van der Waals surface area contributed by atoms with Gasteiger partial charge in [-0.2, -0.15) is 0 Å². The molecule has 0 bridgehead atoms. The molecule has 2 N–H and O–H groups in total. The summed E-state index contributed by atoms with van der Waals surface area (Å²) in [4.78, 5) is 0. The van der Waals surface area contributed by atoms with Crippen LogP contribution in [0.3, 0.4) is 0 Å². The minimum absolute atomic E-state index is 0.121. The van der Waals surface area contributed by atoms with Crippen LogP contribution in [0.15, 0.2) is 28.9 Å². The topological polar surface area (TPSA) is 56.7 Å². The molecule has 96 valence electrons. The Hall–Kier alpha value is -0.910. The highest BCUT2D eigenvalue weighted by atomic mass is 79.9. The predicted molar refractivity (Wildman–Crippen MR) is 75.8 cm³/mol. The van der Waals surface area contributed by atoms with Crippen molar-refractivity contribution in [2.75, 3.05) is 0 Å². The zero-order valence-electron chi connectivity index (χ0n) is 10.1. The molecule has 18 heavy (non-hydrogen) atoms. The van der Waals surface area contributed by atoms with E-state index < -0.39 is 0 Å². The Bertz CT molecular complexity index is 553. The fourth-order valence-corrected chi connectivity index (χ4v) is 2.10. The van der Waals surface area contributed by atoms with Crippen LogP contribution in [-0.2, 0) is 0 Å². The molecule has 0 aliphatic carbocycles. The van der Waals surface area contributed by atoms with Gasteiger partial charge in [0.2, 0.25) is 0 Å². The molecule has 4 nitrogen and oxygen atoms in total. The van der Waals surface area contributed by atoms with E-state index in [0.29, 0.717) is 10.9 Å². The van der Waals surface area contributed by atoms with Gasteiger partial charge in [-0.05, 0) is 24.1 Å². The first kappa shape index (κ1) is 13.5. The SMILES string of the molecule is CC(C)C(N)c1cn(-c2cc(Br)ccc2Cl)nn1. The van der Waals surface area contributed by atoms with Gasteiger partial charge in [-0.15, -0.1) is 5.10 Å². The van der Waals surface area contributed by atoms with E-state index in [1.54, 1.807) is 4.68 Å². The van der Waals surface area contributed by atoms with Crippen molar-refractivity contribution < 1.29 is 0 Å². The van der Waals surface area contributed by atoms with Crippen LogP contribution in [0.1, 0.15) is 25.6 Å². The summed E-state index contributed by atoms with van der Waals surface area (Å²) in [5.74, 6) is 0.313. The second-order valence-electron chi connectivity index (χ2n) is 4.45. The molecule has 1 atom stereocenters. The molecular formula is C12H14BrClN4. The van der Waals surface area contributed by atoms with Gasteiger partial charge < -0.3 is 5.73 Å². The van der Waals surface area contributed by atoms with Crippen molar-refractivity contribution in [2.24, 2.45) is 11.7 Å². The van der Waals surface area contributed by atoms with Gasteiger partial charge in [0.25, 0.3) is 0 Å². The molecule has 0 aliphatic rings. The molecule has 0 saturated carbocycles. The lowest BCUT2D eigenvalue weighted by atomic mass is 10.0. The maximum absolute atomic E-state index is 6.14. The average Bonchev–Trinajstić information content (AvgIpc) is 2.80. The van der Waals surface area contributed by atoms with Gasteiger partial charge in [0.15, 0.2) is 0 Å². The Morgan fingerprint density at radius 2 is 2.11 bits per heavy atom. The van der Waals surface area contributed by atoms with Gasteiger partial charge >= 0.3 is 0 Å². The highest BCUT2D eigenvalue weighted by Gasteiger charge is 2.15. The molecule has 0 spiro atoms. The average molecular weight is 330 g/mol. The third-order valence-electron chi connectivity index (χ3n) is 2.73. The Labute approximate surface area is 119 Å². The fourth-order valence-electron chi connectivity index (χ4n) is 1.55.